The number of aromatic nitrogens is 2. The molecule has 0 amide bonds. The van der Waals surface area contributed by atoms with Crippen molar-refractivity contribution in [2.45, 2.75) is 18.9 Å². The van der Waals surface area contributed by atoms with Gasteiger partial charge in [0.15, 0.2) is 0 Å². The minimum absolute atomic E-state index is 0.0863. The fourth-order valence-corrected chi connectivity index (χ4v) is 3.27. The molecule has 5 N–H and O–H groups in total. The van der Waals surface area contributed by atoms with Gasteiger partial charge in [0.1, 0.15) is 12.4 Å². The van der Waals surface area contributed by atoms with Crippen LogP contribution in [-0.4, -0.2) is 58.3 Å². The molecule has 1 aliphatic heterocycles. The van der Waals surface area contributed by atoms with Crippen LogP contribution in [0.1, 0.15) is 12.8 Å². The van der Waals surface area contributed by atoms with Crippen molar-refractivity contribution < 1.29 is 29.4 Å². The molecule has 10 heteroatoms. The molecular weight excluding hydrogens is 389 g/mol. The van der Waals surface area contributed by atoms with E-state index in [-0.39, 0.29) is 12.6 Å². The monoisotopic (exact) mass is 411 g/mol. The fraction of sp³-hybridized carbons (Fsp3) is 0.250. The third-order valence-corrected chi connectivity index (χ3v) is 4.73. The predicted molar refractivity (Wildman–Crippen MR) is 112 cm³/mol. The van der Waals surface area contributed by atoms with Gasteiger partial charge in [-0.15, -0.1) is 0 Å². The zero-order valence-corrected chi connectivity index (χ0v) is 16.1. The maximum absolute atomic E-state index is 9.55. The first-order valence-corrected chi connectivity index (χ1v) is 9.37. The average molecular weight is 411 g/mol. The summed E-state index contributed by atoms with van der Waals surface area (Å²) in [6, 6.07) is 10.7. The number of anilines is 1. The maximum Gasteiger partial charge on any atom is 0.488 e. The summed E-state index contributed by atoms with van der Waals surface area (Å²) in [5.74, 6) is 0.645. The van der Waals surface area contributed by atoms with Gasteiger partial charge in [-0.1, -0.05) is 18.2 Å². The predicted octanol–water partition coefficient (Wildman–Crippen LogP) is 0.817. The Morgan fingerprint density at radius 2 is 2.07 bits per heavy atom. The number of nitrogens with zero attached hydrogens (tertiary/aromatic N) is 2. The minimum atomic E-state index is -1.56. The Labute approximate surface area is 173 Å². The molecule has 9 nitrogen and oxygen atoms in total. The summed E-state index contributed by atoms with van der Waals surface area (Å²) in [7, 11) is -1.56. The van der Waals surface area contributed by atoms with Crippen molar-refractivity contribution in [2.75, 3.05) is 18.9 Å². The van der Waals surface area contributed by atoms with E-state index in [9.17, 15) is 10.0 Å². The summed E-state index contributed by atoms with van der Waals surface area (Å²) in [5, 5.41) is 34.8. The highest BCUT2D eigenvalue weighted by Crippen LogP contribution is 2.32. The molecular formula is C20H22BN3O6. The molecule has 0 saturated carbocycles. The largest absolute Gasteiger partial charge is 0.490 e. The molecule has 1 fully saturated rings. The summed E-state index contributed by atoms with van der Waals surface area (Å²) in [6.45, 7) is 0.968. The van der Waals surface area contributed by atoms with Crippen LogP contribution in [0.15, 0.2) is 42.6 Å². The molecule has 1 saturated heterocycles. The van der Waals surface area contributed by atoms with Crippen molar-refractivity contribution >= 4 is 35.6 Å². The van der Waals surface area contributed by atoms with Crippen LogP contribution >= 0.6 is 0 Å². The lowest BCUT2D eigenvalue weighted by molar-refractivity contribution is -0.122. The third kappa shape index (κ3) is 5.04. The van der Waals surface area contributed by atoms with Crippen molar-refractivity contribution in [2.24, 2.45) is 0 Å². The van der Waals surface area contributed by atoms with Crippen molar-refractivity contribution in [3.63, 3.8) is 0 Å². The highest BCUT2D eigenvalue weighted by molar-refractivity contribution is 6.58. The zero-order valence-electron chi connectivity index (χ0n) is 16.1. The minimum Gasteiger partial charge on any atom is -0.490 e. The summed E-state index contributed by atoms with van der Waals surface area (Å²) in [6.07, 6.45) is 3.62. The number of hydrogen-bond acceptors (Lipinski definition) is 8. The van der Waals surface area contributed by atoms with Gasteiger partial charge < -0.3 is 30.4 Å². The molecule has 1 aliphatic rings. The normalized spacial score (nSPS) is 15.3. The van der Waals surface area contributed by atoms with E-state index in [1.807, 2.05) is 18.2 Å². The highest BCUT2D eigenvalue weighted by atomic mass is 16.5. The molecule has 0 aliphatic carbocycles. The van der Waals surface area contributed by atoms with Crippen LogP contribution in [0.25, 0.3) is 22.0 Å². The van der Waals surface area contributed by atoms with Gasteiger partial charge in [0.2, 0.25) is 0 Å². The number of carboxylic acid groups (broad SMARTS) is 1. The van der Waals surface area contributed by atoms with E-state index in [2.05, 4.69) is 10.2 Å². The summed E-state index contributed by atoms with van der Waals surface area (Å²) < 4.78 is 11.6. The van der Waals surface area contributed by atoms with E-state index in [1.54, 1.807) is 18.2 Å². The Morgan fingerprint density at radius 1 is 1.27 bits per heavy atom. The van der Waals surface area contributed by atoms with Crippen LogP contribution in [0.3, 0.4) is 0 Å². The van der Waals surface area contributed by atoms with E-state index in [1.165, 1.54) is 6.20 Å². The first kappa shape index (κ1) is 21.5. The Kier molecular flexibility index (Phi) is 7.18. The Balaban J connectivity index is 0.000000806. The third-order valence-electron chi connectivity index (χ3n) is 4.73. The first-order valence-electron chi connectivity index (χ1n) is 9.37. The molecule has 3 aromatic rings. The van der Waals surface area contributed by atoms with E-state index < -0.39 is 7.12 Å². The molecule has 156 valence electrons. The molecule has 4 rings (SSSR count). The second-order valence-electron chi connectivity index (χ2n) is 6.71. The molecule has 1 unspecified atom stereocenters. The molecule has 0 bridgehead atoms. The first-order chi connectivity index (χ1) is 14.5. The van der Waals surface area contributed by atoms with Gasteiger partial charge in [-0.05, 0) is 42.1 Å². The SMILES string of the molecule is Nc1cnnc2cc(-c3cc(B(O)O)ccc3OCC3CCCO3)ccc12.O=CO. The van der Waals surface area contributed by atoms with Gasteiger partial charge in [0, 0.05) is 17.6 Å². The summed E-state index contributed by atoms with van der Waals surface area (Å²) in [5.41, 5.74) is 9.11. The lowest BCUT2D eigenvalue weighted by atomic mass is 9.79. The van der Waals surface area contributed by atoms with Crippen molar-refractivity contribution in [3.05, 3.63) is 42.6 Å². The topological polar surface area (TPSA) is 148 Å². The fourth-order valence-electron chi connectivity index (χ4n) is 3.27. The van der Waals surface area contributed by atoms with E-state index in [4.69, 9.17) is 25.1 Å². The number of rotatable bonds is 5. The number of ether oxygens (including phenoxy) is 2. The molecule has 1 aromatic heterocycles. The number of nitrogen functional groups attached to an aromatic ring is 1. The summed E-state index contributed by atoms with van der Waals surface area (Å²) in [4.78, 5) is 8.36. The van der Waals surface area contributed by atoms with E-state index in [0.29, 0.717) is 29.0 Å². The second-order valence-corrected chi connectivity index (χ2v) is 6.71. The smallest absolute Gasteiger partial charge is 0.488 e. The van der Waals surface area contributed by atoms with Gasteiger partial charge in [0.25, 0.3) is 6.47 Å². The van der Waals surface area contributed by atoms with Crippen LogP contribution in [-0.2, 0) is 9.53 Å². The Hall–Kier alpha value is -3.21. The Morgan fingerprint density at radius 3 is 2.77 bits per heavy atom. The van der Waals surface area contributed by atoms with Crippen LogP contribution in [0, 0.1) is 0 Å². The standard InChI is InChI=1S/C19H20BN3O4.CH2O2/c21-17-10-22-23-18-8-12(3-5-15(17)18)16-9-13(20(24)25)4-6-19(16)27-11-14-2-1-7-26-14;2-1-3/h3-6,8-10,14,24-25H,1-2,7,11H2,(H2,21,23);1H,(H,2,3). The molecule has 1 atom stereocenters. The number of nitrogens with two attached hydrogens (primary N) is 1. The van der Waals surface area contributed by atoms with Crippen LogP contribution in [0.2, 0.25) is 0 Å². The second kappa shape index (κ2) is 10.0. The van der Waals surface area contributed by atoms with Gasteiger partial charge in [-0.3, -0.25) is 4.79 Å². The van der Waals surface area contributed by atoms with Crippen LogP contribution in [0.5, 0.6) is 5.75 Å². The van der Waals surface area contributed by atoms with Crippen LogP contribution < -0.4 is 15.9 Å². The number of fused-ring (bicyclic) bond motifs is 1. The van der Waals surface area contributed by atoms with E-state index >= 15 is 0 Å². The van der Waals surface area contributed by atoms with Gasteiger partial charge >= 0.3 is 7.12 Å². The maximum atomic E-state index is 9.55. The zero-order chi connectivity index (χ0) is 21.5. The average Bonchev–Trinajstić information content (AvgIpc) is 3.26. The lowest BCUT2D eigenvalue weighted by Gasteiger charge is -2.16. The number of hydrogen-bond donors (Lipinski definition) is 4. The number of benzene rings is 2. The van der Waals surface area contributed by atoms with Crippen molar-refractivity contribution in [1.82, 2.24) is 10.2 Å². The van der Waals surface area contributed by atoms with E-state index in [0.717, 1.165) is 36.0 Å². The van der Waals surface area contributed by atoms with Gasteiger partial charge in [-0.2, -0.15) is 10.2 Å². The Bertz CT molecular complexity index is 1010. The molecule has 30 heavy (non-hydrogen) atoms. The lowest BCUT2D eigenvalue weighted by Crippen LogP contribution is -2.29. The molecule has 2 heterocycles. The van der Waals surface area contributed by atoms with Crippen molar-refractivity contribution in [3.8, 4) is 16.9 Å². The molecule has 0 spiro atoms. The van der Waals surface area contributed by atoms with Gasteiger partial charge in [0.05, 0.1) is 23.5 Å². The van der Waals surface area contributed by atoms with Crippen LogP contribution in [0.4, 0.5) is 5.69 Å². The molecule has 2 aromatic carbocycles. The quantitative estimate of drug-likeness (QED) is 0.354. The molecule has 0 radical (unpaired) electrons. The summed E-state index contributed by atoms with van der Waals surface area (Å²) >= 11 is 0. The van der Waals surface area contributed by atoms with Crippen molar-refractivity contribution in [1.29, 1.82) is 0 Å². The number of carbonyl (C=O) groups is 1. The highest BCUT2D eigenvalue weighted by Gasteiger charge is 2.19. The van der Waals surface area contributed by atoms with Gasteiger partial charge in [-0.25, -0.2) is 0 Å².